The molecule has 96 valence electrons. The summed E-state index contributed by atoms with van der Waals surface area (Å²) >= 11 is 1.65. The van der Waals surface area contributed by atoms with Crippen molar-refractivity contribution >= 4 is 11.3 Å². The van der Waals surface area contributed by atoms with Crippen LogP contribution in [-0.4, -0.2) is 28.4 Å². The fourth-order valence-electron chi connectivity index (χ4n) is 2.49. The van der Waals surface area contributed by atoms with Crippen LogP contribution >= 0.6 is 11.3 Å². The molecule has 1 aliphatic heterocycles. The molecule has 2 heterocycles. The Labute approximate surface area is 107 Å². The molecule has 0 amide bonds. The van der Waals surface area contributed by atoms with Crippen molar-refractivity contribution in [1.29, 1.82) is 0 Å². The summed E-state index contributed by atoms with van der Waals surface area (Å²) in [7, 11) is 0. The van der Waals surface area contributed by atoms with E-state index in [9.17, 15) is 5.11 Å². The second kappa shape index (κ2) is 5.46. The molecule has 2 atom stereocenters. The Balaban J connectivity index is 1.97. The first-order valence-corrected chi connectivity index (χ1v) is 7.24. The summed E-state index contributed by atoms with van der Waals surface area (Å²) in [4.78, 5) is 4.44. The van der Waals surface area contributed by atoms with Gasteiger partial charge >= 0.3 is 0 Å². The summed E-state index contributed by atoms with van der Waals surface area (Å²) in [5, 5.41) is 13.7. The molecule has 0 spiro atoms. The molecule has 3 nitrogen and oxygen atoms in total. The molecule has 1 saturated heterocycles. The lowest BCUT2D eigenvalue weighted by molar-refractivity contribution is -0.105. The highest BCUT2D eigenvalue weighted by atomic mass is 32.1. The molecular formula is C13H21NO2S. The Kier molecular flexibility index (Phi) is 4.17. The maximum Gasteiger partial charge on any atom is 0.0897 e. The van der Waals surface area contributed by atoms with Crippen LogP contribution in [0.5, 0.6) is 0 Å². The number of ether oxygens (including phenoxy) is 1. The minimum absolute atomic E-state index is 0.221. The van der Waals surface area contributed by atoms with Gasteiger partial charge in [-0.2, -0.15) is 0 Å². The van der Waals surface area contributed by atoms with Gasteiger partial charge in [0.25, 0.3) is 0 Å². The summed E-state index contributed by atoms with van der Waals surface area (Å²) in [5.74, 6) is 0. The maximum atomic E-state index is 10.6. The fourth-order valence-corrected chi connectivity index (χ4v) is 3.11. The number of hydrogen-bond acceptors (Lipinski definition) is 4. The van der Waals surface area contributed by atoms with E-state index in [1.807, 2.05) is 6.92 Å². The van der Waals surface area contributed by atoms with Crippen molar-refractivity contribution in [3.05, 3.63) is 16.1 Å². The van der Waals surface area contributed by atoms with Gasteiger partial charge in [0.05, 0.1) is 22.4 Å². The van der Waals surface area contributed by atoms with Gasteiger partial charge in [-0.1, -0.05) is 13.3 Å². The molecule has 0 bridgehead atoms. The SMILES string of the molecule is CCCC1CC(O)(Cc2csc(C)n2)CCO1. The Morgan fingerprint density at radius 2 is 2.47 bits per heavy atom. The summed E-state index contributed by atoms with van der Waals surface area (Å²) in [6.45, 7) is 4.83. The van der Waals surface area contributed by atoms with Crippen LogP contribution < -0.4 is 0 Å². The number of aryl methyl sites for hydroxylation is 1. The molecule has 0 radical (unpaired) electrons. The number of aliphatic hydroxyl groups is 1. The highest BCUT2D eigenvalue weighted by Crippen LogP contribution is 2.30. The maximum absolute atomic E-state index is 10.6. The van der Waals surface area contributed by atoms with Gasteiger partial charge < -0.3 is 9.84 Å². The monoisotopic (exact) mass is 255 g/mol. The predicted molar refractivity (Wildman–Crippen MR) is 69.4 cm³/mol. The second-order valence-electron chi connectivity index (χ2n) is 4.99. The molecule has 17 heavy (non-hydrogen) atoms. The van der Waals surface area contributed by atoms with Crippen molar-refractivity contribution in [2.24, 2.45) is 0 Å². The molecular weight excluding hydrogens is 234 g/mol. The van der Waals surface area contributed by atoms with Crippen LogP contribution in [0.2, 0.25) is 0 Å². The van der Waals surface area contributed by atoms with Crippen LogP contribution in [-0.2, 0) is 11.2 Å². The van der Waals surface area contributed by atoms with Gasteiger partial charge in [-0.15, -0.1) is 11.3 Å². The highest BCUT2D eigenvalue weighted by Gasteiger charge is 2.35. The highest BCUT2D eigenvalue weighted by molar-refractivity contribution is 7.09. The first kappa shape index (κ1) is 13.0. The molecule has 2 rings (SSSR count). The average Bonchev–Trinajstić information content (AvgIpc) is 2.63. The molecule has 4 heteroatoms. The Hall–Kier alpha value is -0.450. The minimum Gasteiger partial charge on any atom is -0.389 e. The molecule has 1 aromatic rings. The lowest BCUT2D eigenvalue weighted by Gasteiger charge is -2.36. The van der Waals surface area contributed by atoms with E-state index < -0.39 is 5.60 Å². The third-order valence-corrected chi connectivity index (χ3v) is 4.14. The average molecular weight is 255 g/mol. The van der Waals surface area contributed by atoms with E-state index in [4.69, 9.17) is 4.74 Å². The molecule has 2 unspecified atom stereocenters. The second-order valence-corrected chi connectivity index (χ2v) is 6.06. The predicted octanol–water partition coefficient (Wildman–Crippen LogP) is 2.70. The zero-order valence-electron chi connectivity index (χ0n) is 10.6. The minimum atomic E-state index is -0.612. The van der Waals surface area contributed by atoms with Gasteiger partial charge in [0.2, 0.25) is 0 Å². The van der Waals surface area contributed by atoms with Gasteiger partial charge in [0.1, 0.15) is 0 Å². The van der Waals surface area contributed by atoms with E-state index in [1.54, 1.807) is 11.3 Å². The van der Waals surface area contributed by atoms with E-state index in [-0.39, 0.29) is 6.10 Å². The third kappa shape index (κ3) is 3.50. The molecule has 0 saturated carbocycles. The zero-order chi connectivity index (χ0) is 12.3. The molecule has 1 aromatic heterocycles. The van der Waals surface area contributed by atoms with Crippen LogP contribution in [0, 0.1) is 6.92 Å². The largest absolute Gasteiger partial charge is 0.389 e. The molecule has 0 aromatic carbocycles. The smallest absolute Gasteiger partial charge is 0.0897 e. The standard InChI is InChI=1S/C13H21NO2S/c1-3-4-12-8-13(15,5-6-16-12)7-11-9-17-10(2)14-11/h9,12,15H,3-8H2,1-2H3. The van der Waals surface area contributed by atoms with Crippen LogP contribution in [0.15, 0.2) is 5.38 Å². The summed E-state index contributed by atoms with van der Waals surface area (Å²) in [6.07, 6.45) is 4.51. The van der Waals surface area contributed by atoms with E-state index in [0.717, 1.165) is 36.4 Å². The van der Waals surface area contributed by atoms with Gasteiger partial charge in [0, 0.05) is 24.8 Å². The Morgan fingerprint density at radius 1 is 1.65 bits per heavy atom. The zero-order valence-corrected chi connectivity index (χ0v) is 11.4. The van der Waals surface area contributed by atoms with Crippen LogP contribution in [0.3, 0.4) is 0 Å². The van der Waals surface area contributed by atoms with Gasteiger partial charge in [0.15, 0.2) is 0 Å². The van der Waals surface area contributed by atoms with Crippen LogP contribution in [0.4, 0.5) is 0 Å². The molecule has 1 fully saturated rings. The van der Waals surface area contributed by atoms with E-state index >= 15 is 0 Å². The van der Waals surface area contributed by atoms with E-state index in [0.29, 0.717) is 13.0 Å². The number of rotatable bonds is 4. The first-order valence-electron chi connectivity index (χ1n) is 6.36. The first-order chi connectivity index (χ1) is 8.11. The van der Waals surface area contributed by atoms with E-state index in [2.05, 4.69) is 17.3 Å². The molecule has 1 aliphatic rings. The molecule has 1 N–H and O–H groups in total. The quantitative estimate of drug-likeness (QED) is 0.899. The van der Waals surface area contributed by atoms with Crippen molar-refractivity contribution < 1.29 is 9.84 Å². The fraction of sp³-hybridized carbons (Fsp3) is 0.769. The Morgan fingerprint density at radius 3 is 3.12 bits per heavy atom. The summed E-state index contributed by atoms with van der Waals surface area (Å²) in [6, 6.07) is 0. The van der Waals surface area contributed by atoms with Crippen molar-refractivity contribution in [2.45, 2.75) is 57.7 Å². The third-order valence-electron chi connectivity index (χ3n) is 3.32. The van der Waals surface area contributed by atoms with Gasteiger partial charge in [-0.3, -0.25) is 0 Å². The number of nitrogens with zero attached hydrogens (tertiary/aromatic N) is 1. The number of aromatic nitrogens is 1. The van der Waals surface area contributed by atoms with Gasteiger partial charge in [-0.25, -0.2) is 4.98 Å². The van der Waals surface area contributed by atoms with Crippen LogP contribution in [0.1, 0.15) is 43.3 Å². The lowest BCUT2D eigenvalue weighted by Crippen LogP contribution is -2.42. The van der Waals surface area contributed by atoms with Crippen molar-refractivity contribution in [1.82, 2.24) is 4.98 Å². The normalized spacial score (nSPS) is 29.5. The Bertz CT molecular complexity index is 364. The number of thiazole rings is 1. The van der Waals surface area contributed by atoms with Gasteiger partial charge in [-0.05, 0) is 19.8 Å². The topological polar surface area (TPSA) is 42.4 Å². The van der Waals surface area contributed by atoms with Crippen molar-refractivity contribution in [3.63, 3.8) is 0 Å². The van der Waals surface area contributed by atoms with Crippen molar-refractivity contribution in [2.75, 3.05) is 6.61 Å². The number of hydrogen-bond donors (Lipinski definition) is 1. The van der Waals surface area contributed by atoms with Crippen LogP contribution in [0.25, 0.3) is 0 Å². The van der Waals surface area contributed by atoms with E-state index in [1.165, 1.54) is 0 Å². The molecule has 0 aliphatic carbocycles. The summed E-state index contributed by atoms with van der Waals surface area (Å²) in [5.41, 5.74) is 0.408. The lowest BCUT2D eigenvalue weighted by atomic mass is 9.85. The summed E-state index contributed by atoms with van der Waals surface area (Å²) < 4.78 is 5.68. The van der Waals surface area contributed by atoms with Crippen molar-refractivity contribution in [3.8, 4) is 0 Å².